The van der Waals surface area contributed by atoms with Gasteiger partial charge in [0.15, 0.2) is 5.82 Å². The number of rotatable bonds is 4. The van der Waals surface area contributed by atoms with Crippen LogP contribution in [0.5, 0.6) is 0 Å². The number of nitrogen functional groups attached to an aromatic ring is 1. The molecule has 7 heteroatoms. The molecule has 90 valence electrons. The van der Waals surface area contributed by atoms with Crippen LogP contribution >= 0.6 is 11.5 Å². The number of hydrogen-bond donors (Lipinski definition) is 3. The summed E-state index contributed by atoms with van der Waals surface area (Å²) in [6, 6.07) is 0. The first kappa shape index (κ1) is 12.7. The van der Waals surface area contributed by atoms with Crippen LogP contribution < -0.4 is 16.0 Å². The van der Waals surface area contributed by atoms with Crippen molar-refractivity contribution in [1.82, 2.24) is 9.69 Å². The third-order valence-electron chi connectivity index (χ3n) is 2.04. The number of nitrogens with two attached hydrogens (primary N) is 1. The molecule has 1 atom stereocenters. The molecule has 6 nitrogen and oxygen atoms in total. The molecule has 0 aliphatic carbocycles. The van der Waals surface area contributed by atoms with E-state index in [2.05, 4.69) is 9.69 Å². The molecular formula is C9H16N4O2S. The first-order chi connectivity index (χ1) is 7.47. The average Bonchev–Trinajstić information content (AvgIpc) is 2.58. The van der Waals surface area contributed by atoms with Crippen molar-refractivity contribution in [2.75, 3.05) is 31.3 Å². The van der Waals surface area contributed by atoms with Gasteiger partial charge in [-0.15, -0.1) is 0 Å². The van der Waals surface area contributed by atoms with E-state index in [0.29, 0.717) is 17.1 Å². The summed E-state index contributed by atoms with van der Waals surface area (Å²) in [7, 11) is 3.32. The maximum absolute atomic E-state index is 11.6. The summed E-state index contributed by atoms with van der Waals surface area (Å²) in [6.07, 6.45) is -0.481. The van der Waals surface area contributed by atoms with Crippen molar-refractivity contribution in [3.63, 3.8) is 0 Å². The Balaban J connectivity index is 3.00. The Morgan fingerprint density at radius 2 is 2.38 bits per heavy atom. The number of likely N-dealkylation sites (N-methyl/N-ethyl adjacent to an activating group) is 1. The first-order valence-electron chi connectivity index (χ1n) is 4.83. The molecule has 0 aromatic carbocycles. The molecule has 0 saturated heterocycles. The van der Waals surface area contributed by atoms with E-state index in [0.717, 1.165) is 11.5 Å². The summed E-state index contributed by atoms with van der Waals surface area (Å²) in [6.45, 7) is 2.10. The van der Waals surface area contributed by atoms with E-state index in [1.165, 1.54) is 7.05 Å². The van der Waals surface area contributed by atoms with E-state index in [4.69, 9.17) is 5.73 Å². The number of aliphatic hydroxyl groups excluding tert-OH is 1. The van der Waals surface area contributed by atoms with Crippen molar-refractivity contribution in [2.45, 2.75) is 13.0 Å². The minimum absolute atomic E-state index is 0.219. The van der Waals surface area contributed by atoms with E-state index in [1.807, 2.05) is 0 Å². The fourth-order valence-corrected chi connectivity index (χ4v) is 2.15. The highest BCUT2D eigenvalue weighted by molar-refractivity contribution is 7.11. The Hall–Kier alpha value is -1.34. The lowest BCUT2D eigenvalue weighted by molar-refractivity contribution is 0.0964. The van der Waals surface area contributed by atoms with Gasteiger partial charge < -0.3 is 21.1 Å². The van der Waals surface area contributed by atoms with Crippen LogP contribution in [0.2, 0.25) is 0 Å². The number of carbonyl (C=O) groups excluding carboxylic acids is 1. The monoisotopic (exact) mass is 244 g/mol. The van der Waals surface area contributed by atoms with Crippen LogP contribution in [-0.4, -0.2) is 42.1 Å². The van der Waals surface area contributed by atoms with Crippen molar-refractivity contribution in [3.8, 4) is 0 Å². The zero-order valence-electron chi connectivity index (χ0n) is 9.52. The second-order valence-corrected chi connectivity index (χ2v) is 4.31. The van der Waals surface area contributed by atoms with Crippen LogP contribution in [0.4, 0.5) is 10.8 Å². The molecular weight excluding hydrogens is 228 g/mol. The highest BCUT2D eigenvalue weighted by Gasteiger charge is 2.21. The number of amides is 1. The van der Waals surface area contributed by atoms with Crippen molar-refractivity contribution in [1.29, 1.82) is 0 Å². The number of aromatic nitrogens is 1. The molecule has 0 saturated carbocycles. The molecule has 1 heterocycles. The number of aliphatic hydroxyl groups is 1. The molecule has 1 aromatic heterocycles. The predicted molar refractivity (Wildman–Crippen MR) is 64.9 cm³/mol. The number of nitrogens with one attached hydrogen (secondary N) is 1. The van der Waals surface area contributed by atoms with Gasteiger partial charge in [0.25, 0.3) is 5.91 Å². The van der Waals surface area contributed by atoms with Gasteiger partial charge in [-0.2, -0.15) is 4.37 Å². The summed E-state index contributed by atoms with van der Waals surface area (Å²) in [4.78, 5) is 13.4. The highest BCUT2D eigenvalue weighted by atomic mass is 32.1. The lowest BCUT2D eigenvalue weighted by atomic mass is 10.2. The molecule has 16 heavy (non-hydrogen) atoms. The molecule has 1 amide bonds. The quantitative estimate of drug-likeness (QED) is 0.688. The van der Waals surface area contributed by atoms with Crippen LogP contribution in [0.3, 0.4) is 0 Å². The second-order valence-electron chi connectivity index (χ2n) is 3.56. The standard InChI is InChI=1S/C9H16N4O2S/c1-5(14)4-13(3)9-6(8(15)11-2)7(10)12-16-9/h5,14H,4H2,1-3H3,(H2,10,12)(H,11,15). The maximum atomic E-state index is 11.6. The lowest BCUT2D eigenvalue weighted by Crippen LogP contribution is -2.29. The SMILES string of the molecule is CNC(=O)c1c(N)nsc1N(C)CC(C)O. The molecule has 0 aliphatic rings. The van der Waals surface area contributed by atoms with Crippen LogP contribution in [-0.2, 0) is 0 Å². The number of hydrogen-bond acceptors (Lipinski definition) is 6. The maximum Gasteiger partial charge on any atom is 0.257 e. The Morgan fingerprint density at radius 1 is 1.75 bits per heavy atom. The summed E-state index contributed by atoms with van der Waals surface area (Å²) in [5, 5.41) is 12.5. The largest absolute Gasteiger partial charge is 0.392 e. The van der Waals surface area contributed by atoms with Gasteiger partial charge in [0.2, 0.25) is 0 Å². The van der Waals surface area contributed by atoms with Crippen LogP contribution in [0.15, 0.2) is 0 Å². The molecule has 1 aromatic rings. The van der Waals surface area contributed by atoms with Gasteiger partial charge >= 0.3 is 0 Å². The fraction of sp³-hybridized carbons (Fsp3) is 0.556. The molecule has 0 spiro atoms. The first-order valence-corrected chi connectivity index (χ1v) is 5.61. The van der Waals surface area contributed by atoms with E-state index in [-0.39, 0.29) is 11.7 Å². The third-order valence-corrected chi connectivity index (χ3v) is 3.02. The summed E-state index contributed by atoms with van der Waals surface area (Å²) in [5.41, 5.74) is 6.01. The molecule has 0 bridgehead atoms. The molecule has 1 unspecified atom stereocenters. The van der Waals surface area contributed by atoms with Gasteiger partial charge in [-0.3, -0.25) is 4.79 Å². The van der Waals surface area contributed by atoms with E-state index in [1.54, 1.807) is 18.9 Å². The second kappa shape index (κ2) is 5.13. The van der Waals surface area contributed by atoms with Crippen molar-refractivity contribution in [3.05, 3.63) is 5.56 Å². The van der Waals surface area contributed by atoms with Crippen molar-refractivity contribution in [2.24, 2.45) is 0 Å². The summed E-state index contributed by atoms with van der Waals surface area (Å²) < 4.78 is 3.95. The summed E-state index contributed by atoms with van der Waals surface area (Å²) in [5.74, 6) is -0.0458. The van der Waals surface area contributed by atoms with E-state index >= 15 is 0 Å². The van der Waals surface area contributed by atoms with Gasteiger partial charge in [-0.25, -0.2) is 0 Å². The smallest absolute Gasteiger partial charge is 0.257 e. The fourth-order valence-electron chi connectivity index (χ4n) is 1.37. The molecule has 0 radical (unpaired) electrons. The molecule has 0 fully saturated rings. The van der Waals surface area contributed by atoms with Crippen LogP contribution in [0.25, 0.3) is 0 Å². The van der Waals surface area contributed by atoms with Crippen molar-refractivity contribution >= 4 is 28.3 Å². The van der Waals surface area contributed by atoms with Gasteiger partial charge in [-0.1, -0.05) is 0 Å². The average molecular weight is 244 g/mol. The van der Waals surface area contributed by atoms with Crippen LogP contribution in [0.1, 0.15) is 17.3 Å². The lowest BCUT2D eigenvalue weighted by Gasteiger charge is -2.19. The number of carbonyl (C=O) groups is 1. The normalized spacial score (nSPS) is 12.2. The van der Waals surface area contributed by atoms with Gasteiger partial charge in [0.1, 0.15) is 10.6 Å². The minimum atomic E-state index is -0.481. The Morgan fingerprint density at radius 3 is 2.88 bits per heavy atom. The number of anilines is 2. The predicted octanol–water partition coefficient (Wildman–Crippen LogP) is -0.0981. The minimum Gasteiger partial charge on any atom is -0.392 e. The van der Waals surface area contributed by atoms with Gasteiger partial charge in [-0.05, 0) is 18.5 Å². The van der Waals surface area contributed by atoms with E-state index in [9.17, 15) is 9.90 Å². The highest BCUT2D eigenvalue weighted by Crippen LogP contribution is 2.29. The molecule has 1 rings (SSSR count). The summed E-state index contributed by atoms with van der Waals surface area (Å²) >= 11 is 1.15. The van der Waals surface area contributed by atoms with E-state index < -0.39 is 6.10 Å². The zero-order valence-corrected chi connectivity index (χ0v) is 10.3. The van der Waals surface area contributed by atoms with Crippen LogP contribution in [0, 0.1) is 0 Å². The Labute approximate surface area is 98.2 Å². The number of nitrogens with zero attached hydrogens (tertiary/aromatic N) is 2. The Bertz CT molecular complexity index is 378. The topological polar surface area (TPSA) is 91.5 Å². The van der Waals surface area contributed by atoms with Gasteiger partial charge in [0.05, 0.1) is 6.10 Å². The Kier molecular flexibility index (Phi) is 4.08. The molecule has 4 N–H and O–H groups in total. The molecule has 0 aliphatic heterocycles. The van der Waals surface area contributed by atoms with Gasteiger partial charge in [0, 0.05) is 20.6 Å². The van der Waals surface area contributed by atoms with Crippen molar-refractivity contribution < 1.29 is 9.90 Å². The third kappa shape index (κ3) is 2.61. The zero-order chi connectivity index (χ0) is 12.3.